The van der Waals surface area contributed by atoms with Crippen molar-refractivity contribution in [2.45, 2.75) is 45.3 Å². The fourth-order valence-electron chi connectivity index (χ4n) is 4.77. The number of halogens is 1. The SMILES string of the molecule is COc1cc2cc(OC(=O)NC3CCN(C(C)C)CC3)n(Cc3cc(-c4ccc(Cl)s4)on3)c2cc1OC. The second-order valence-corrected chi connectivity index (χ2v) is 11.3. The van der Waals surface area contributed by atoms with Gasteiger partial charge in [0, 0.05) is 48.8 Å². The molecule has 0 unspecified atom stereocenters. The van der Waals surface area contributed by atoms with Crippen LogP contribution in [-0.2, 0) is 6.54 Å². The van der Waals surface area contributed by atoms with Crippen LogP contribution in [0.2, 0.25) is 4.34 Å². The highest BCUT2D eigenvalue weighted by Gasteiger charge is 2.24. The van der Waals surface area contributed by atoms with E-state index in [1.165, 1.54) is 11.3 Å². The summed E-state index contributed by atoms with van der Waals surface area (Å²) in [5.74, 6) is 2.17. The lowest BCUT2D eigenvalue weighted by Gasteiger charge is -2.34. The molecule has 5 rings (SSSR count). The fraction of sp³-hybridized carbons (Fsp3) is 0.407. The first-order valence-electron chi connectivity index (χ1n) is 12.5. The van der Waals surface area contributed by atoms with E-state index in [1.54, 1.807) is 14.2 Å². The molecule has 4 aromatic rings. The van der Waals surface area contributed by atoms with Crippen molar-refractivity contribution in [1.82, 2.24) is 19.9 Å². The molecule has 0 saturated carbocycles. The number of amides is 1. The molecule has 1 aliphatic rings. The predicted octanol–water partition coefficient (Wildman–Crippen LogP) is 6.04. The Morgan fingerprint density at radius 3 is 2.55 bits per heavy atom. The van der Waals surface area contributed by atoms with Crippen LogP contribution in [0.4, 0.5) is 4.79 Å². The largest absolute Gasteiger partial charge is 0.493 e. The number of carbonyl (C=O) groups excluding carboxylic acids is 1. The van der Waals surface area contributed by atoms with Gasteiger partial charge in [0.1, 0.15) is 5.69 Å². The van der Waals surface area contributed by atoms with Gasteiger partial charge in [-0.25, -0.2) is 4.79 Å². The molecule has 0 bridgehead atoms. The number of methoxy groups -OCH3 is 2. The molecule has 0 radical (unpaired) electrons. The maximum Gasteiger partial charge on any atom is 0.414 e. The minimum atomic E-state index is -0.481. The van der Waals surface area contributed by atoms with Gasteiger partial charge >= 0.3 is 6.09 Å². The van der Waals surface area contributed by atoms with Crippen molar-refractivity contribution in [3.8, 4) is 28.0 Å². The summed E-state index contributed by atoms with van der Waals surface area (Å²) in [6.07, 6.45) is 1.29. The lowest BCUT2D eigenvalue weighted by atomic mass is 10.0. The molecule has 1 aromatic carbocycles. The molecule has 202 valence electrons. The molecule has 0 atom stereocenters. The lowest BCUT2D eigenvalue weighted by molar-refractivity contribution is 0.151. The molecular formula is C27H31ClN4O5S. The third-order valence-electron chi connectivity index (χ3n) is 6.84. The van der Waals surface area contributed by atoms with Gasteiger partial charge in [-0.05, 0) is 44.9 Å². The summed E-state index contributed by atoms with van der Waals surface area (Å²) in [6.45, 7) is 6.60. The summed E-state index contributed by atoms with van der Waals surface area (Å²) in [6, 6.07) is 11.7. The summed E-state index contributed by atoms with van der Waals surface area (Å²) >= 11 is 7.50. The van der Waals surface area contributed by atoms with Gasteiger partial charge in [0.25, 0.3) is 0 Å². The molecule has 1 amide bonds. The number of fused-ring (bicyclic) bond motifs is 1. The van der Waals surface area contributed by atoms with Crippen molar-refractivity contribution in [3.63, 3.8) is 0 Å². The van der Waals surface area contributed by atoms with Gasteiger partial charge in [0.15, 0.2) is 17.3 Å². The maximum absolute atomic E-state index is 13.0. The molecule has 1 fully saturated rings. The van der Waals surface area contributed by atoms with Crippen molar-refractivity contribution in [3.05, 3.63) is 46.4 Å². The number of carbonyl (C=O) groups is 1. The summed E-state index contributed by atoms with van der Waals surface area (Å²) in [7, 11) is 3.17. The van der Waals surface area contributed by atoms with Crippen molar-refractivity contribution < 1.29 is 23.5 Å². The van der Waals surface area contributed by atoms with E-state index >= 15 is 0 Å². The number of rotatable bonds is 8. The Hall–Kier alpha value is -3.21. The van der Waals surface area contributed by atoms with Gasteiger partial charge in [-0.1, -0.05) is 16.8 Å². The normalized spacial score (nSPS) is 14.8. The van der Waals surface area contributed by atoms with E-state index in [1.807, 2.05) is 41.0 Å². The number of hydrogen-bond acceptors (Lipinski definition) is 8. The zero-order chi connectivity index (χ0) is 26.8. The van der Waals surface area contributed by atoms with Crippen LogP contribution in [-0.4, -0.2) is 60.1 Å². The zero-order valence-electron chi connectivity index (χ0n) is 21.8. The molecule has 1 N–H and O–H groups in total. The first-order valence-corrected chi connectivity index (χ1v) is 13.7. The average molecular weight is 559 g/mol. The minimum absolute atomic E-state index is 0.0752. The zero-order valence-corrected chi connectivity index (χ0v) is 23.4. The molecule has 0 spiro atoms. The standard InChI is InChI=1S/C27H31ClN4O5S/c1-16(2)31-9-7-18(8-10-31)29-27(33)36-26-12-17-11-21(34-3)22(35-4)14-20(17)32(26)15-19-13-23(37-30-19)24-5-6-25(28)38-24/h5-6,11-14,16,18H,7-10,15H2,1-4H3,(H,29,33). The number of likely N-dealkylation sites (tertiary alicyclic amines) is 1. The topological polar surface area (TPSA) is 91.0 Å². The summed E-state index contributed by atoms with van der Waals surface area (Å²) < 4.78 is 25.0. The highest BCUT2D eigenvalue weighted by atomic mass is 35.5. The third-order valence-corrected chi connectivity index (χ3v) is 8.09. The van der Waals surface area contributed by atoms with Crippen LogP contribution in [0.1, 0.15) is 32.4 Å². The molecule has 9 nitrogen and oxygen atoms in total. The van der Waals surface area contributed by atoms with Crippen LogP contribution in [0.15, 0.2) is 40.9 Å². The van der Waals surface area contributed by atoms with E-state index in [-0.39, 0.29) is 6.04 Å². The van der Waals surface area contributed by atoms with Crippen molar-refractivity contribution in [2.24, 2.45) is 0 Å². The molecular weight excluding hydrogens is 528 g/mol. The quantitative estimate of drug-likeness (QED) is 0.282. The first kappa shape index (κ1) is 26.4. The van der Waals surface area contributed by atoms with E-state index in [0.717, 1.165) is 41.7 Å². The van der Waals surface area contributed by atoms with Crippen LogP contribution in [0.3, 0.4) is 0 Å². The maximum atomic E-state index is 13.0. The Kier molecular flexibility index (Phi) is 7.83. The van der Waals surface area contributed by atoms with Gasteiger partial charge in [-0.15, -0.1) is 11.3 Å². The van der Waals surface area contributed by atoms with E-state index in [2.05, 4.69) is 29.2 Å². The second kappa shape index (κ2) is 11.3. The first-order chi connectivity index (χ1) is 18.3. The highest BCUT2D eigenvalue weighted by molar-refractivity contribution is 7.19. The molecule has 1 aliphatic heterocycles. The number of aromatic nitrogens is 2. The van der Waals surface area contributed by atoms with E-state index in [4.69, 9.17) is 30.3 Å². The number of thiophene rings is 1. The van der Waals surface area contributed by atoms with Gasteiger partial charge in [0.05, 0.1) is 35.5 Å². The molecule has 4 heterocycles. The monoisotopic (exact) mass is 558 g/mol. The Balaban J connectivity index is 1.40. The highest BCUT2D eigenvalue weighted by Crippen LogP contribution is 2.37. The van der Waals surface area contributed by atoms with Crippen molar-refractivity contribution in [2.75, 3.05) is 27.3 Å². The second-order valence-electron chi connectivity index (χ2n) is 9.56. The molecule has 0 aliphatic carbocycles. The number of piperidine rings is 1. The summed E-state index contributed by atoms with van der Waals surface area (Å²) in [5.41, 5.74) is 1.47. The lowest BCUT2D eigenvalue weighted by Crippen LogP contribution is -2.47. The van der Waals surface area contributed by atoms with Crippen LogP contribution < -0.4 is 19.5 Å². The van der Waals surface area contributed by atoms with Gasteiger partial charge in [0.2, 0.25) is 5.88 Å². The Bertz CT molecular complexity index is 1420. The van der Waals surface area contributed by atoms with E-state index in [0.29, 0.717) is 45.8 Å². The number of hydrogen-bond donors (Lipinski definition) is 1. The van der Waals surface area contributed by atoms with Crippen molar-refractivity contribution >= 4 is 39.9 Å². The van der Waals surface area contributed by atoms with Gasteiger partial charge < -0.3 is 33.5 Å². The fourth-order valence-corrected chi connectivity index (χ4v) is 5.76. The van der Waals surface area contributed by atoms with Crippen LogP contribution in [0, 0.1) is 0 Å². The van der Waals surface area contributed by atoms with Crippen LogP contribution in [0.5, 0.6) is 17.4 Å². The van der Waals surface area contributed by atoms with Crippen LogP contribution >= 0.6 is 22.9 Å². The smallest absolute Gasteiger partial charge is 0.414 e. The summed E-state index contributed by atoms with van der Waals surface area (Å²) in [5, 5.41) is 8.12. The van der Waals surface area contributed by atoms with E-state index < -0.39 is 6.09 Å². The average Bonchev–Trinajstić information content (AvgIpc) is 3.63. The molecule has 11 heteroatoms. The number of ether oxygens (including phenoxy) is 3. The van der Waals surface area contributed by atoms with Gasteiger partial charge in [-0.3, -0.25) is 0 Å². The number of nitrogens with one attached hydrogen (secondary N) is 1. The third kappa shape index (κ3) is 5.62. The van der Waals surface area contributed by atoms with Gasteiger partial charge in [-0.2, -0.15) is 0 Å². The summed E-state index contributed by atoms with van der Waals surface area (Å²) in [4.78, 5) is 16.3. The molecule has 1 saturated heterocycles. The molecule has 3 aromatic heterocycles. The Morgan fingerprint density at radius 2 is 1.89 bits per heavy atom. The number of benzene rings is 1. The van der Waals surface area contributed by atoms with Crippen LogP contribution in [0.25, 0.3) is 21.5 Å². The molecule has 38 heavy (non-hydrogen) atoms. The van der Waals surface area contributed by atoms with Crippen molar-refractivity contribution in [1.29, 1.82) is 0 Å². The van der Waals surface area contributed by atoms with E-state index in [9.17, 15) is 4.79 Å². The Morgan fingerprint density at radius 1 is 1.16 bits per heavy atom. The number of nitrogens with zero attached hydrogens (tertiary/aromatic N) is 3. The Labute approximate surface area is 230 Å². The minimum Gasteiger partial charge on any atom is -0.493 e. The predicted molar refractivity (Wildman–Crippen MR) is 148 cm³/mol.